The highest BCUT2D eigenvalue weighted by Gasteiger charge is 2.31. The highest BCUT2D eigenvalue weighted by molar-refractivity contribution is 14.0. The van der Waals surface area contributed by atoms with Crippen LogP contribution in [-0.4, -0.2) is 67.3 Å². The van der Waals surface area contributed by atoms with Crippen LogP contribution < -0.4 is 10.1 Å². The number of amides is 1. The van der Waals surface area contributed by atoms with Crippen LogP contribution >= 0.6 is 24.0 Å². The Morgan fingerprint density at radius 2 is 1.78 bits per heavy atom. The fraction of sp³-hybridized carbons (Fsp3) is 0.429. The first-order valence-corrected chi connectivity index (χ1v) is 10.1. The Hall–Kier alpha value is -2.44. The lowest BCUT2D eigenvalue weighted by molar-refractivity contribution is -0.274. The van der Waals surface area contributed by atoms with Gasteiger partial charge in [-0.25, -0.2) is 0 Å². The maximum Gasteiger partial charge on any atom is 0.573 e. The molecule has 1 aromatic heterocycles. The van der Waals surface area contributed by atoms with Gasteiger partial charge in [0.15, 0.2) is 11.7 Å². The van der Waals surface area contributed by atoms with Crippen LogP contribution in [0.15, 0.2) is 52.1 Å². The second-order valence-electron chi connectivity index (χ2n) is 6.93. The molecule has 1 amide bonds. The van der Waals surface area contributed by atoms with Crippen LogP contribution in [0.2, 0.25) is 0 Å². The van der Waals surface area contributed by atoms with Gasteiger partial charge >= 0.3 is 6.36 Å². The van der Waals surface area contributed by atoms with E-state index in [0.717, 1.165) is 11.5 Å². The van der Waals surface area contributed by atoms with Gasteiger partial charge in [0.2, 0.25) is 0 Å². The van der Waals surface area contributed by atoms with Crippen LogP contribution in [0, 0.1) is 0 Å². The molecule has 1 aliphatic heterocycles. The van der Waals surface area contributed by atoms with Gasteiger partial charge in [0.25, 0.3) is 5.91 Å². The van der Waals surface area contributed by atoms with Crippen molar-refractivity contribution in [1.29, 1.82) is 0 Å². The van der Waals surface area contributed by atoms with Gasteiger partial charge in [-0.05, 0) is 43.2 Å². The van der Waals surface area contributed by atoms with Crippen molar-refractivity contribution in [2.24, 2.45) is 4.99 Å². The van der Waals surface area contributed by atoms with Crippen LogP contribution in [0.5, 0.6) is 5.75 Å². The molecule has 0 aliphatic carbocycles. The minimum Gasteiger partial charge on any atom is -0.459 e. The van der Waals surface area contributed by atoms with Crippen molar-refractivity contribution in [1.82, 2.24) is 15.1 Å². The molecule has 0 radical (unpaired) electrons. The number of hydrogen-bond donors (Lipinski definition) is 1. The molecule has 0 unspecified atom stereocenters. The van der Waals surface area contributed by atoms with Gasteiger partial charge in [0.05, 0.1) is 6.26 Å². The Balaban J connectivity index is 0.00000363. The lowest BCUT2D eigenvalue weighted by Gasteiger charge is -2.36. The average Bonchev–Trinajstić information content (AvgIpc) is 3.28. The van der Waals surface area contributed by atoms with Crippen molar-refractivity contribution in [3.05, 3.63) is 54.0 Å². The van der Waals surface area contributed by atoms with Gasteiger partial charge in [-0.1, -0.05) is 12.1 Å². The molecule has 7 nitrogen and oxygen atoms in total. The quantitative estimate of drug-likeness (QED) is 0.328. The molecule has 32 heavy (non-hydrogen) atoms. The lowest BCUT2D eigenvalue weighted by atomic mass is 10.1. The number of hydrogen-bond acceptors (Lipinski definition) is 4. The average molecular weight is 566 g/mol. The molecule has 1 N–H and O–H groups in total. The minimum absolute atomic E-state index is 0. The maximum atomic E-state index is 12.4. The molecule has 2 heterocycles. The number of rotatable bonds is 6. The molecule has 2 aromatic rings. The molecule has 176 valence electrons. The standard InChI is InChI=1S/C21H25F3N4O3.HI/c1-2-25-20(26-10-9-16-5-7-17(8-6-16)31-21(22,23)24)28-13-11-27(12-14-28)19(29)18-4-3-15-30-18;/h3-8,15H,2,9-14H2,1H3,(H,25,26);1H. The number of alkyl halides is 3. The maximum absolute atomic E-state index is 12.4. The summed E-state index contributed by atoms with van der Waals surface area (Å²) in [5, 5.41) is 3.25. The van der Waals surface area contributed by atoms with Crippen molar-refractivity contribution in [2.45, 2.75) is 19.7 Å². The zero-order valence-corrected chi connectivity index (χ0v) is 19.9. The van der Waals surface area contributed by atoms with Crippen molar-refractivity contribution in [3.63, 3.8) is 0 Å². The predicted octanol–water partition coefficient (Wildman–Crippen LogP) is 3.76. The number of ether oxygens (including phenoxy) is 1. The summed E-state index contributed by atoms with van der Waals surface area (Å²) in [6.45, 7) is 5.56. The number of furan rings is 1. The predicted molar refractivity (Wildman–Crippen MR) is 124 cm³/mol. The summed E-state index contributed by atoms with van der Waals surface area (Å²) in [6, 6.07) is 9.14. The first-order valence-electron chi connectivity index (χ1n) is 10.1. The zero-order valence-electron chi connectivity index (χ0n) is 17.6. The number of nitrogens with one attached hydrogen (secondary N) is 1. The monoisotopic (exact) mass is 566 g/mol. The van der Waals surface area contributed by atoms with Crippen LogP contribution in [0.3, 0.4) is 0 Å². The zero-order chi connectivity index (χ0) is 22.3. The SMILES string of the molecule is CCNC(=NCCc1ccc(OC(F)(F)F)cc1)N1CCN(C(=O)c2ccco2)CC1.I. The third-order valence-corrected chi connectivity index (χ3v) is 4.75. The summed E-state index contributed by atoms with van der Waals surface area (Å²) in [5.41, 5.74) is 0.864. The second-order valence-corrected chi connectivity index (χ2v) is 6.93. The van der Waals surface area contributed by atoms with Crippen molar-refractivity contribution in [2.75, 3.05) is 39.3 Å². The van der Waals surface area contributed by atoms with E-state index < -0.39 is 6.36 Å². The fourth-order valence-corrected chi connectivity index (χ4v) is 3.25. The van der Waals surface area contributed by atoms with Crippen molar-refractivity contribution >= 4 is 35.8 Å². The molecule has 0 spiro atoms. The largest absolute Gasteiger partial charge is 0.573 e. The summed E-state index contributed by atoms with van der Waals surface area (Å²) >= 11 is 0. The van der Waals surface area contributed by atoms with Gasteiger partial charge in [-0.3, -0.25) is 9.79 Å². The Morgan fingerprint density at radius 1 is 1.12 bits per heavy atom. The second kappa shape index (κ2) is 12.0. The molecular formula is C21H26F3IN4O3. The Morgan fingerprint density at radius 3 is 2.34 bits per heavy atom. The molecule has 1 aromatic carbocycles. The Labute approximate surface area is 201 Å². The summed E-state index contributed by atoms with van der Waals surface area (Å²) in [7, 11) is 0. The normalized spacial score (nSPS) is 14.7. The number of carbonyl (C=O) groups is 1. The highest BCUT2D eigenvalue weighted by atomic mass is 127. The van der Waals surface area contributed by atoms with Gasteiger partial charge in [0.1, 0.15) is 5.75 Å². The number of guanidine groups is 1. The molecule has 1 fully saturated rings. The summed E-state index contributed by atoms with van der Waals surface area (Å²) in [5.74, 6) is 0.727. The molecule has 0 bridgehead atoms. The number of carbonyl (C=O) groups excluding carboxylic acids is 1. The van der Waals surface area contributed by atoms with E-state index in [1.165, 1.54) is 18.4 Å². The molecule has 1 saturated heterocycles. The summed E-state index contributed by atoms with van der Waals surface area (Å²) in [4.78, 5) is 20.9. The van der Waals surface area contributed by atoms with E-state index >= 15 is 0 Å². The van der Waals surface area contributed by atoms with Gasteiger partial charge in [0, 0.05) is 39.3 Å². The van der Waals surface area contributed by atoms with Crippen LogP contribution in [0.1, 0.15) is 23.0 Å². The first kappa shape index (κ1) is 25.8. The molecule has 11 heteroatoms. The van der Waals surface area contributed by atoms with Crippen molar-refractivity contribution < 1.29 is 27.1 Å². The smallest absolute Gasteiger partial charge is 0.459 e. The third-order valence-electron chi connectivity index (χ3n) is 4.75. The minimum atomic E-state index is -4.70. The van der Waals surface area contributed by atoms with Gasteiger partial charge < -0.3 is 24.3 Å². The van der Waals surface area contributed by atoms with Crippen molar-refractivity contribution in [3.8, 4) is 5.75 Å². The van der Waals surface area contributed by atoms with E-state index in [0.29, 0.717) is 51.4 Å². The van der Waals surface area contributed by atoms with E-state index in [2.05, 4.69) is 19.9 Å². The van der Waals surface area contributed by atoms with Crippen LogP contribution in [0.4, 0.5) is 13.2 Å². The highest BCUT2D eigenvalue weighted by Crippen LogP contribution is 2.22. The van der Waals surface area contributed by atoms with Crippen LogP contribution in [-0.2, 0) is 6.42 Å². The molecule has 0 atom stereocenters. The number of aliphatic imine (C=N–C) groups is 1. The topological polar surface area (TPSA) is 70.3 Å². The molecule has 3 rings (SSSR count). The first-order chi connectivity index (χ1) is 14.9. The van der Waals surface area contributed by atoms with E-state index in [1.54, 1.807) is 29.2 Å². The molecular weight excluding hydrogens is 540 g/mol. The molecule has 1 aliphatic rings. The Kier molecular flexibility index (Phi) is 9.66. The van der Waals surface area contributed by atoms with E-state index in [9.17, 15) is 18.0 Å². The van der Waals surface area contributed by atoms with E-state index in [1.807, 2.05) is 6.92 Å². The number of benzene rings is 1. The summed E-state index contributed by atoms with van der Waals surface area (Å²) in [6.07, 6.45) is -2.63. The van der Waals surface area contributed by atoms with E-state index in [4.69, 9.17) is 4.42 Å². The molecule has 0 saturated carbocycles. The number of nitrogens with zero attached hydrogens (tertiary/aromatic N) is 3. The fourth-order valence-electron chi connectivity index (χ4n) is 3.25. The van der Waals surface area contributed by atoms with Crippen LogP contribution in [0.25, 0.3) is 0 Å². The summed E-state index contributed by atoms with van der Waals surface area (Å²) < 4.78 is 45.8. The third kappa shape index (κ3) is 7.61. The Bertz CT molecular complexity index is 865. The number of piperazine rings is 1. The lowest BCUT2D eigenvalue weighted by Crippen LogP contribution is -2.53. The van der Waals surface area contributed by atoms with Gasteiger partial charge in [-0.2, -0.15) is 0 Å². The van der Waals surface area contributed by atoms with Gasteiger partial charge in [-0.15, -0.1) is 37.1 Å². The number of halogens is 4. The van der Waals surface area contributed by atoms with E-state index in [-0.39, 0.29) is 35.6 Å².